The number of rotatable bonds is 4. The highest BCUT2D eigenvalue weighted by Gasteiger charge is 2.22. The molecule has 1 unspecified atom stereocenters. The molecule has 0 spiro atoms. The maximum absolute atomic E-state index is 13.5. The highest BCUT2D eigenvalue weighted by Crippen LogP contribution is 2.29. The van der Waals surface area contributed by atoms with Gasteiger partial charge < -0.3 is 10.8 Å². The van der Waals surface area contributed by atoms with Gasteiger partial charge in [-0.1, -0.05) is 0 Å². The van der Waals surface area contributed by atoms with Gasteiger partial charge in [-0.3, -0.25) is 4.79 Å². The smallest absolute Gasteiger partial charge is 0.303 e. The molecule has 1 atom stereocenters. The second kappa shape index (κ2) is 5.50. The molecule has 0 fully saturated rings. The lowest BCUT2D eigenvalue weighted by Gasteiger charge is -2.14. The van der Waals surface area contributed by atoms with Gasteiger partial charge in [0.25, 0.3) is 0 Å². The van der Waals surface area contributed by atoms with Gasteiger partial charge in [0, 0.05) is 24.1 Å². The summed E-state index contributed by atoms with van der Waals surface area (Å²) in [5.41, 5.74) is 4.96. The van der Waals surface area contributed by atoms with E-state index in [0.29, 0.717) is 6.07 Å². The molecule has 0 saturated carbocycles. The summed E-state index contributed by atoms with van der Waals surface area (Å²) in [5, 5.41) is 8.43. The van der Waals surface area contributed by atoms with Crippen LogP contribution in [-0.2, 0) is 4.79 Å². The largest absolute Gasteiger partial charge is 0.481 e. The van der Waals surface area contributed by atoms with Crippen LogP contribution in [0.2, 0.25) is 0 Å². The van der Waals surface area contributed by atoms with Crippen LogP contribution in [0.3, 0.4) is 0 Å². The first-order chi connectivity index (χ1) is 7.84. The normalized spacial score (nSPS) is 12.5. The Morgan fingerprint density at radius 1 is 1.41 bits per heavy atom. The van der Waals surface area contributed by atoms with Crippen molar-refractivity contribution in [3.63, 3.8) is 0 Å². The maximum atomic E-state index is 13.5. The number of hydrogen-bond acceptors (Lipinski definition) is 2. The zero-order valence-electron chi connectivity index (χ0n) is 8.51. The molecule has 94 valence electrons. The minimum absolute atomic E-state index is 0.138. The summed E-state index contributed by atoms with van der Waals surface area (Å²) in [4.78, 5) is 10.3. The molecule has 0 radical (unpaired) electrons. The average molecular weight is 312 g/mol. The van der Waals surface area contributed by atoms with Gasteiger partial charge in [0.05, 0.1) is 4.47 Å². The summed E-state index contributed by atoms with van der Waals surface area (Å²) in [6, 6.07) is -0.633. The number of carboxylic acids is 1. The van der Waals surface area contributed by atoms with Crippen LogP contribution in [0.4, 0.5) is 13.2 Å². The van der Waals surface area contributed by atoms with E-state index in [9.17, 15) is 18.0 Å². The third kappa shape index (κ3) is 3.19. The van der Waals surface area contributed by atoms with Crippen molar-refractivity contribution < 1.29 is 23.1 Å². The summed E-state index contributed by atoms with van der Waals surface area (Å²) in [6.07, 6.45) is -0.462. The number of benzene rings is 1. The molecule has 0 amide bonds. The van der Waals surface area contributed by atoms with Crippen molar-refractivity contribution in [1.82, 2.24) is 0 Å². The van der Waals surface area contributed by atoms with Crippen molar-refractivity contribution in [2.45, 2.75) is 18.9 Å². The summed E-state index contributed by atoms with van der Waals surface area (Å²) in [6.45, 7) is 0. The molecule has 0 aliphatic heterocycles. The first-order valence-electron chi connectivity index (χ1n) is 4.64. The van der Waals surface area contributed by atoms with Crippen LogP contribution in [0.15, 0.2) is 10.5 Å². The lowest BCUT2D eigenvalue weighted by molar-refractivity contribution is -0.137. The lowest BCUT2D eigenvalue weighted by Crippen LogP contribution is -2.16. The number of nitrogens with two attached hydrogens (primary N) is 1. The van der Waals surface area contributed by atoms with Gasteiger partial charge in [0.15, 0.2) is 0 Å². The van der Waals surface area contributed by atoms with Crippen LogP contribution in [0, 0.1) is 17.5 Å². The molecule has 0 saturated heterocycles. The van der Waals surface area contributed by atoms with Crippen molar-refractivity contribution in [3.8, 4) is 0 Å². The van der Waals surface area contributed by atoms with E-state index in [1.54, 1.807) is 0 Å². The number of halogens is 4. The average Bonchev–Trinajstić information content (AvgIpc) is 2.23. The molecule has 1 aromatic rings. The summed E-state index contributed by atoms with van der Waals surface area (Å²) in [5.74, 6) is -4.46. The summed E-state index contributed by atoms with van der Waals surface area (Å²) >= 11 is 2.62. The fraction of sp³-hybridized carbons (Fsp3) is 0.300. The quantitative estimate of drug-likeness (QED) is 0.664. The van der Waals surface area contributed by atoms with Gasteiger partial charge in [0.1, 0.15) is 17.5 Å². The molecular weight excluding hydrogens is 303 g/mol. The molecule has 0 aliphatic rings. The van der Waals surface area contributed by atoms with Crippen LogP contribution in [0.1, 0.15) is 24.4 Å². The van der Waals surface area contributed by atoms with Gasteiger partial charge in [-0.25, -0.2) is 13.2 Å². The molecule has 1 rings (SSSR count). The Bertz CT molecular complexity index is 454. The molecular formula is C10H9BrF3NO2. The molecule has 1 aromatic carbocycles. The van der Waals surface area contributed by atoms with Crippen LogP contribution in [0.25, 0.3) is 0 Å². The SMILES string of the molecule is NC(CCC(=O)O)c1c(F)cc(F)c(Br)c1F. The van der Waals surface area contributed by atoms with Gasteiger partial charge in [-0.15, -0.1) is 0 Å². The molecule has 17 heavy (non-hydrogen) atoms. The van der Waals surface area contributed by atoms with Crippen LogP contribution in [-0.4, -0.2) is 11.1 Å². The predicted octanol–water partition coefficient (Wildman–Crippen LogP) is 2.73. The second-order valence-electron chi connectivity index (χ2n) is 3.42. The lowest BCUT2D eigenvalue weighted by atomic mass is 10.0. The Morgan fingerprint density at radius 3 is 2.53 bits per heavy atom. The Morgan fingerprint density at radius 2 is 2.00 bits per heavy atom. The van der Waals surface area contributed by atoms with E-state index in [1.807, 2.05) is 0 Å². The van der Waals surface area contributed by atoms with E-state index in [2.05, 4.69) is 15.9 Å². The van der Waals surface area contributed by atoms with Crippen LogP contribution >= 0.6 is 15.9 Å². The van der Waals surface area contributed by atoms with Gasteiger partial charge >= 0.3 is 5.97 Å². The summed E-state index contributed by atoms with van der Waals surface area (Å²) in [7, 11) is 0. The molecule has 7 heteroatoms. The van der Waals surface area contributed by atoms with Gasteiger partial charge in [-0.2, -0.15) is 0 Å². The van der Waals surface area contributed by atoms with E-state index in [0.717, 1.165) is 0 Å². The first-order valence-corrected chi connectivity index (χ1v) is 5.44. The van der Waals surface area contributed by atoms with Crippen molar-refractivity contribution in [2.75, 3.05) is 0 Å². The third-order valence-electron chi connectivity index (χ3n) is 2.19. The molecule has 0 heterocycles. The monoisotopic (exact) mass is 311 g/mol. The Labute approximate surface area is 104 Å². The van der Waals surface area contributed by atoms with Gasteiger partial charge in [-0.05, 0) is 22.4 Å². The minimum Gasteiger partial charge on any atom is -0.481 e. The van der Waals surface area contributed by atoms with Crippen molar-refractivity contribution >= 4 is 21.9 Å². The maximum Gasteiger partial charge on any atom is 0.303 e. The number of aliphatic carboxylic acids is 1. The number of carboxylic acid groups (broad SMARTS) is 1. The topological polar surface area (TPSA) is 63.3 Å². The zero-order chi connectivity index (χ0) is 13.2. The molecule has 3 N–H and O–H groups in total. The fourth-order valence-electron chi connectivity index (χ4n) is 1.34. The standard InChI is InChI=1S/C10H9BrF3NO2/c11-9-5(13)3-4(12)8(10(9)14)6(15)1-2-7(16)17/h3,6H,1-2,15H2,(H,16,17). The molecule has 0 aliphatic carbocycles. The molecule has 3 nitrogen and oxygen atoms in total. The highest BCUT2D eigenvalue weighted by atomic mass is 79.9. The van der Waals surface area contributed by atoms with E-state index in [4.69, 9.17) is 10.8 Å². The minimum atomic E-state index is -1.14. The van der Waals surface area contributed by atoms with E-state index in [-0.39, 0.29) is 12.8 Å². The Balaban J connectivity index is 3.05. The van der Waals surface area contributed by atoms with E-state index < -0.39 is 39.5 Å². The van der Waals surface area contributed by atoms with Crippen LogP contribution in [0.5, 0.6) is 0 Å². The fourth-order valence-corrected chi connectivity index (χ4v) is 1.67. The zero-order valence-corrected chi connectivity index (χ0v) is 10.1. The molecule has 0 bridgehead atoms. The summed E-state index contributed by atoms with van der Waals surface area (Å²) < 4.78 is 39.3. The third-order valence-corrected chi connectivity index (χ3v) is 2.92. The van der Waals surface area contributed by atoms with Crippen molar-refractivity contribution in [2.24, 2.45) is 5.73 Å². The van der Waals surface area contributed by atoms with E-state index >= 15 is 0 Å². The predicted molar refractivity (Wildman–Crippen MR) is 57.8 cm³/mol. The van der Waals surface area contributed by atoms with Gasteiger partial charge in [0.2, 0.25) is 0 Å². The Kier molecular flexibility index (Phi) is 4.53. The first kappa shape index (κ1) is 14.0. The molecule has 0 aromatic heterocycles. The highest BCUT2D eigenvalue weighted by molar-refractivity contribution is 9.10. The van der Waals surface area contributed by atoms with Crippen molar-refractivity contribution in [3.05, 3.63) is 33.6 Å². The Hall–Kier alpha value is -1.08. The van der Waals surface area contributed by atoms with Crippen LogP contribution < -0.4 is 5.73 Å². The van der Waals surface area contributed by atoms with Crippen molar-refractivity contribution in [1.29, 1.82) is 0 Å². The number of carbonyl (C=O) groups is 1. The second-order valence-corrected chi connectivity index (χ2v) is 4.21. The van der Waals surface area contributed by atoms with E-state index in [1.165, 1.54) is 0 Å². The number of hydrogen-bond donors (Lipinski definition) is 2.